The van der Waals surface area contributed by atoms with Crippen LogP contribution in [0.3, 0.4) is 0 Å². The SMILES string of the molecule is Cc1nnc(SCC(=O)Nc2ccc3nc(SCC(=O)Nc4ccc(F)cc4)sc3c2)s1. The van der Waals surface area contributed by atoms with Gasteiger partial charge < -0.3 is 10.6 Å². The average Bonchev–Trinajstić information content (AvgIpc) is 3.37. The smallest absolute Gasteiger partial charge is 0.234 e. The number of thioether (sulfide) groups is 2. The molecular weight excluding hydrogens is 490 g/mol. The summed E-state index contributed by atoms with van der Waals surface area (Å²) in [4.78, 5) is 28.9. The molecule has 4 rings (SSSR count). The Balaban J connectivity index is 1.30. The maximum Gasteiger partial charge on any atom is 0.234 e. The number of halogens is 1. The molecule has 0 bridgehead atoms. The van der Waals surface area contributed by atoms with Gasteiger partial charge in [0.25, 0.3) is 0 Å². The highest BCUT2D eigenvalue weighted by atomic mass is 32.2. The maximum absolute atomic E-state index is 13.0. The molecule has 2 N–H and O–H groups in total. The number of carbonyl (C=O) groups excluding carboxylic acids is 2. The lowest BCUT2D eigenvalue weighted by Gasteiger charge is -2.03. The molecule has 0 fully saturated rings. The van der Waals surface area contributed by atoms with Crippen molar-refractivity contribution in [1.29, 1.82) is 0 Å². The molecule has 7 nitrogen and oxygen atoms in total. The molecule has 4 aromatic rings. The number of anilines is 2. The first-order valence-electron chi connectivity index (χ1n) is 9.26. The van der Waals surface area contributed by atoms with Gasteiger partial charge in [-0.15, -0.1) is 21.5 Å². The van der Waals surface area contributed by atoms with E-state index in [-0.39, 0.29) is 29.1 Å². The van der Waals surface area contributed by atoms with Gasteiger partial charge in [0, 0.05) is 11.4 Å². The zero-order valence-electron chi connectivity index (χ0n) is 16.6. The molecule has 2 heterocycles. The van der Waals surface area contributed by atoms with E-state index in [1.165, 1.54) is 70.5 Å². The van der Waals surface area contributed by atoms with E-state index in [0.29, 0.717) is 11.4 Å². The van der Waals surface area contributed by atoms with Crippen molar-refractivity contribution in [2.24, 2.45) is 0 Å². The predicted molar refractivity (Wildman–Crippen MR) is 129 cm³/mol. The minimum atomic E-state index is -0.354. The summed E-state index contributed by atoms with van der Waals surface area (Å²) in [5.74, 6) is -0.244. The lowest BCUT2D eigenvalue weighted by atomic mass is 10.3. The van der Waals surface area contributed by atoms with Crippen molar-refractivity contribution in [3.63, 3.8) is 0 Å². The standard InChI is InChI=1S/C20H16FN5O2S4/c1-11-25-26-20(31-11)30-10-18(28)23-14-6-7-15-16(8-14)32-19(24-15)29-9-17(27)22-13-4-2-12(21)3-5-13/h2-8H,9-10H2,1H3,(H,22,27)(H,23,28). The van der Waals surface area contributed by atoms with Gasteiger partial charge in [-0.25, -0.2) is 9.37 Å². The minimum Gasteiger partial charge on any atom is -0.325 e. The highest BCUT2D eigenvalue weighted by Crippen LogP contribution is 2.31. The number of amides is 2. The van der Waals surface area contributed by atoms with Crippen molar-refractivity contribution < 1.29 is 14.0 Å². The van der Waals surface area contributed by atoms with Crippen molar-refractivity contribution in [2.75, 3.05) is 22.1 Å². The van der Waals surface area contributed by atoms with Crippen LogP contribution in [0.4, 0.5) is 15.8 Å². The Morgan fingerprint density at radius 2 is 1.56 bits per heavy atom. The van der Waals surface area contributed by atoms with Gasteiger partial charge in [0.2, 0.25) is 11.8 Å². The maximum atomic E-state index is 13.0. The van der Waals surface area contributed by atoms with E-state index in [9.17, 15) is 14.0 Å². The minimum absolute atomic E-state index is 0.126. The van der Waals surface area contributed by atoms with Gasteiger partial charge in [0.15, 0.2) is 8.68 Å². The van der Waals surface area contributed by atoms with Gasteiger partial charge in [0.1, 0.15) is 10.8 Å². The molecule has 0 aliphatic heterocycles. The summed E-state index contributed by atoms with van der Waals surface area (Å²) in [6.45, 7) is 1.87. The molecular formula is C20H16FN5O2S4. The highest BCUT2D eigenvalue weighted by Gasteiger charge is 2.11. The fourth-order valence-electron chi connectivity index (χ4n) is 2.56. The quantitative estimate of drug-likeness (QED) is 0.323. The van der Waals surface area contributed by atoms with Gasteiger partial charge in [-0.05, 0) is 49.4 Å². The number of thiazole rings is 1. The molecule has 164 valence electrons. The predicted octanol–water partition coefficient (Wildman–Crippen LogP) is 5.06. The van der Waals surface area contributed by atoms with E-state index >= 15 is 0 Å². The van der Waals surface area contributed by atoms with Gasteiger partial charge in [-0.2, -0.15) is 0 Å². The van der Waals surface area contributed by atoms with E-state index in [0.717, 1.165) is 23.9 Å². The third kappa shape index (κ3) is 6.25. The molecule has 0 spiro atoms. The van der Waals surface area contributed by atoms with Crippen LogP contribution in [0.25, 0.3) is 10.2 Å². The fraction of sp³-hybridized carbons (Fsp3) is 0.150. The van der Waals surface area contributed by atoms with Gasteiger partial charge >= 0.3 is 0 Å². The molecule has 2 amide bonds. The number of nitrogens with one attached hydrogen (secondary N) is 2. The number of fused-ring (bicyclic) bond motifs is 1. The number of carbonyl (C=O) groups is 2. The van der Waals surface area contributed by atoms with Crippen LogP contribution in [0.15, 0.2) is 51.1 Å². The second kappa shape index (κ2) is 10.4. The van der Waals surface area contributed by atoms with Crippen LogP contribution in [0.1, 0.15) is 5.01 Å². The van der Waals surface area contributed by atoms with E-state index in [1.54, 1.807) is 6.07 Å². The summed E-state index contributed by atoms with van der Waals surface area (Å²) in [5.41, 5.74) is 2.03. The number of rotatable bonds is 8. The second-order valence-corrected chi connectivity index (χ2v) is 11.1. The zero-order chi connectivity index (χ0) is 22.5. The van der Waals surface area contributed by atoms with E-state index in [4.69, 9.17) is 0 Å². The fourth-order valence-corrected chi connectivity index (χ4v) is 6.08. The number of hydrogen-bond acceptors (Lipinski definition) is 9. The van der Waals surface area contributed by atoms with Crippen molar-refractivity contribution >= 4 is 79.6 Å². The molecule has 32 heavy (non-hydrogen) atoms. The van der Waals surface area contributed by atoms with E-state index in [1.807, 2.05) is 19.1 Å². The van der Waals surface area contributed by atoms with Crippen LogP contribution in [0.2, 0.25) is 0 Å². The molecule has 2 aromatic heterocycles. The summed E-state index contributed by atoms with van der Waals surface area (Å²) >= 11 is 5.58. The normalized spacial score (nSPS) is 10.9. The average molecular weight is 506 g/mol. The highest BCUT2D eigenvalue weighted by molar-refractivity contribution is 8.02. The molecule has 0 atom stereocenters. The molecule has 0 aliphatic carbocycles. The number of aryl methyl sites for hydroxylation is 1. The number of nitrogens with zero attached hydrogens (tertiary/aromatic N) is 3. The summed E-state index contributed by atoms with van der Waals surface area (Å²) in [7, 11) is 0. The summed E-state index contributed by atoms with van der Waals surface area (Å²) in [6, 6.07) is 11.1. The summed E-state index contributed by atoms with van der Waals surface area (Å²) in [5, 5.41) is 14.4. The van der Waals surface area contributed by atoms with Crippen LogP contribution in [0.5, 0.6) is 0 Å². The Labute approximate surface area is 199 Å². The third-order valence-electron chi connectivity index (χ3n) is 3.94. The first-order valence-corrected chi connectivity index (χ1v) is 12.9. The Morgan fingerprint density at radius 3 is 2.25 bits per heavy atom. The monoisotopic (exact) mass is 505 g/mol. The van der Waals surface area contributed by atoms with Gasteiger partial charge in [-0.1, -0.05) is 34.9 Å². The molecule has 0 radical (unpaired) electrons. The second-order valence-electron chi connectivity index (χ2n) is 6.43. The number of aromatic nitrogens is 3. The van der Waals surface area contributed by atoms with Crippen LogP contribution < -0.4 is 10.6 Å². The lowest BCUT2D eigenvalue weighted by Crippen LogP contribution is -2.13. The molecule has 2 aromatic carbocycles. The van der Waals surface area contributed by atoms with Crippen LogP contribution >= 0.6 is 46.2 Å². The largest absolute Gasteiger partial charge is 0.325 e. The molecule has 0 unspecified atom stereocenters. The summed E-state index contributed by atoms with van der Waals surface area (Å²) < 4.78 is 15.4. The molecule has 0 saturated heterocycles. The lowest BCUT2D eigenvalue weighted by molar-refractivity contribution is -0.114. The zero-order valence-corrected chi connectivity index (χ0v) is 19.9. The van der Waals surface area contributed by atoms with Crippen LogP contribution in [-0.2, 0) is 9.59 Å². The van der Waals surface area contributed by atoms with E-state index < -0.39 is 0 Å². The van der Waals surface area contributed by atoms with Crippen molar-refractivity contribution in [1.82, 2.24) is 15.2 Å². The van der Waals surface area contributed by atoms with Gasteiger partial charge in [-0.3, -0.25) is 9.59 Å². The third-order valence-corrected chi connectivity index (χ3v) is 8.07. The molecule has 0 aliphatic rings. The Bertz CT molecular complexity index is 1260. The Kier molecular flexibility index (Phi) is 7.35. The Morgan fingerprint density at radius 1 is 0.906 bits per heavy atom. The number of hydrogen-bond donors (Lipinski definition) is 2. The van der Waals surface area contributed by atoms with Crippen LogP contribution in [-0.4, -0.2) is 38.5 Å². The Hall–Kier alpha value is -2.54. The van der Waals surface area contributed by atoms with Gasteiger partial charge in [0.05, 0.1) is 21.7 Å². The number of benzene rings is 2. The van der Waals surface area contributed by atoms with Crippen molar-refractivity contribution in [3.05, 3.63) is 53.3 Å². The first-order chi connectivity index (χ1) is 15.4. The van der Waals surface area contributed by atoms with Crippen molar-refractivity contribution in [2.45, 2.75) is 15.6 Å². The van der Waals surface area contributed by atoms with Crippen molar-refractivity contribution in [3.8, 4) is 0 Å². The van der Waals surface area contributed by atoms with E-state index in [2.05, 4.69) is 25.8 Å². The molecule has 0 saturated carbocycles. The topological polar surface area (TPSA) is 96.9 Å². The summed E-state index contributed by atoms with van der Waals surface area (Å²) in [6.07, 6.45) is 0. The first kappa shape index (κ1) is 22.6. The molecule has 12 heteroatoms. The van der Waals surface area contributed by atoms with Crippen LogP contribution in [0, 0.1) is 12.7 Å².